The predicted molar refractivity (Wildman–Crippen MR) is 66.3 cm³/mol. The fourth-order valence-electron chi connectivity index (χ4n) is 1.25. The molecule has 0 radical (unpaired) electrons. The standard InChI is InChI=1S/C11H24O4Si/c1-5-12-10-9-11-16(13-6-2,14-7-3)15-8-4/h9,11H,5-8,10H2,1-4H3/b11-9+. The van der Waals surface area contributed by atoms with Gasteiger partial charge in [-0.3, -0.25) is 0 Å². The number of hydrogen-bond acceptors (Lipinski definition) is 4. The lowest BCUT2D eigenvalue weighted by Gasteiger charge is -2.25. The molecule has 0 aromatic rings. The number of ether oxygens (including phenoxy) is 1. The van der Waals surface area contributed by atoms with E-state index in [0.717, 1.165) is 0 Å². The maximum atomic E-state index is 5.64. The van der Waals surface area contributed by atoms with Gasteiger partial charge in [-0.1, -0.05) is 6.08 Å². The Morgan fingerprint density at radius 3 is 1.69 bits per heavy atom. The molecule has 4 nitrogen and oxygen atoms in total. The quantitative estimate of drug-likeness (QED) is 0.438. The van der Waals surface area contributed by atoms with Crippen molar-refractivity contribution < 1.29 is 18.0 Å². The molecule has 0 aliphatic heterocycles. The zero-order chi connectivity index (χ0) is 12.3. The Kier molecular flexibility index (Phi) is 9.86. The van der Waals surface area contributed by atoms with Crippen LogP contribution in [0.25, 0.3) is 0 Å². The van der Waals surface area contributed by atoms with Gasteiger partial charge in [-0.2, -0.15) is 0 Å². The summed E-state index contributed by atoms with van der Waals surface area (Å²) in [6, 6.07) is 0. The van der Waals surface area contributed by atoms with Crippen LogP contribution in [-0.2, 0) is 18.0 Å². The monoisotopic (exact) mass is 248 g/mol. The highest BCUT2D eigenvalue weighted by atomic mass is 28.4. The van der Waals surface area contributed by atoms with Gasteiger partial charge >= 0.3 is 8.80 Å². The molecule has 5 heteroatoms. The van der Waals surface area contributed by atoms with Crippen LogP contribution in [0.1, 0.15) is 27.7 Å². The van der Waals surface area contributed by atoms with Crippen molar-refractivity contribution >= 4 is 8.80 Å². The second-order valence-corrected chi connectivity index (χ2v) is 5.37. The molecule has 0 saturated carbocycles. The van der Waals surface area contributed by atoms with Crippen LogP contribution in [0.3, 0.4) is 0 Å². The van der Waals surface area contributed by atoms with E-state index in [0.29, 0.717) is 33.0 Å². The number of rotatable bonds is 10. The third kappa shape index (κ3) is 6.39. The van der Waals surface area contributed by atoms with Crippen molar-refractivity contribution in [3.05, 3.63) is 11.8 Å². The van der Waals surface area contributed by atoms with Crippen molar-refractivity contribution in [2.45, 2.75) is 27.7 Å². The Labute approximate surface area is 99.9 Å². The molecular weight excluding hydrogens is 224 g/mol. The van der Waals surface area contributed by atoms with E-state index in [1.807, 2.05) is 39.5 Å². The van der Waals surface area contributed by atoms with Gasteiger partial charge in [0.1, 0.15) is 0 Å². The predicted octanol–water partition coefficient (Wildman–Crippen LogP) is 2.17. The van der Waals surface area contributed by atoms with Crippen LogP contribution in [0.4, 0.5) is 0 Å². The van der Waals surface area contributed by atoms with Crippen LogP contribution >= 0.6 is 0 Å². The van der Waals surface area contributed by atoms with E-state index in [1.54, 1.807) is 0 Å². The van der Waals surface area contributed by atoms with Crippen LogP contribution in [0.15, 0.2) is 11.8 Å². The van der Waals surface area contributed by atoms with E-state index in [-0.39, 0.29) is 0 Å². The highest BCUT2D eigenvalue weighted by Gasteiger charge is 2.37. The summed E-state index contributed by atoms with van der Waals surface area (Å²) in [4.78, 5) is 0. The third-order valence-corrected chi connectivity index (χ3v) is 4.49. The third-order valence-electron chi connectivity index (χ3n) is 1.78. The van der Waals surface area contributed by atoms with Crippen LogP contribution < -0.4 is 0 Å². The molecule has 0 fully saturated rings. The van der Waals surface area contributed by atoms with Crippen molar-refractivity contribution in [1.29, 1.82) is 0 Å². The smallest absolute Gasteiger partial charge is 0.378 e. The van der Waals surface area contributed by atoms with Crippen molar-refractivity contribution in [3.8, 4) is 0 Å². The molecule has 0 aromatic heterocycles. The molecule has 0 unspecified atom stereocenters. The van der Waals surface area contributed by atoms with E-state index in [1.165, 1.54) is 0 Å². The van der Waals surface area contributed by atoms with Crippen molar-refractivity contribution in [3.63, 3.8) is 0 Å². The maximum absolute atomic E-state index is 5.64. The van der Waals surface area contributed by atoms with Gasteiger partial charge in [0, 0.05) is 26.4 Å². The van der Waals surface area contributed by atoms with Crippen molar-refractivity contribution in [2.75, 3.05) is 33.0 Å². The van der Waals surface area contributed by atoms with Crippen molar-refractivity contribution in [1.82, 2.24) is 0 Å². The fourth-order valence-corrected chi connectivity index (χ4v) is 3.38. The Hall–Kier alpha value is -0.203. The van der Waals surface area contributed by atoms with Gasteiger partial charge in [-0.05, 0) is 33.4 Å². The molecule has 0 atom stereocenters. The Bertz CT molecular complexity index is 168. The molecule has 0 N–H and O–H groups in total. The highest BCUT2D eigenvalue weighted by molar-refractivity contribution is 6.66. The summed E-state index contributed by atoms with van der Waals surface area (Å²) in [5, 5.41) is 0. The summed E-state index contributed by atoms with van der Waals surface area (Å²) < 4.78 is 22.2. The Morgan fingerprint density at radius 2 is 1.31 bits per heavy atom. The molecule has 0 aromatic carbocycles. The van der Waals surface area contributed by atoms with Crippen LogP contribution in [-0.4, -0.2) is 41.8 Å². The van der Waals surface area contributed by atoms with Gasteiger partial charge in [0.2, 0.25) is 0 Å². The molecule has 0 spiro atoms. The minimum Gasteiger partial charge on any atom is -0.378 e. The maximum Gasteiger partial charge on any atom is 0.529 e. The molecular formula is C11H24O4Si. The first kappa shape index (κ1) is 15.8. The second-order valence-electron chi connectivity index (χ2n) is 2.96. The summed E-state index contributed by atoms with van der Waals surface area (Å²) in [7, 11) is -2.61. The first-order valence-electron chi connectivity index (χ1n) is 5.91. The van der Waals surface area contributed by atoms with E-state index in [9.17, 15) is 0 Å². The molecule has 16 heavy (non-hydrogen) atoms. The number of hydrogen-bond donors (Lipinski definition) is 0. The molecule has 0 amide bonds. The average molecular weight is 248 g/mol. The van der Waals surface area contributed by atoms with E-state index in [2.05, 4.69) is 0 Å². The normalized spacial score (nSPS) is 12.5. The van der Waals surface area contributed by atoms with Gasteiger partial charge in [0.25, 0.3) is 0 Å². The highest BCUT2D eigenvalue weighted by Crippen LogP contribution is 2.11. The lowest BCUT2D eigenvalue weighted by atomic mass is 10.7. The molecule has 0 aliphatic carbocycles. The topological polar surface area (TPSA) is 36.9 Å². The van der Waals surface area contributed by atoms with Crippen molar-refractivity contribution in [2.24, 2.45) is 0 Å². The summed E-state index contributed by atoms with van der Waals surface area (Å²) in [5.41, 5.74) is 1.90. The van der Waals surface area contributed by atoms with E-state index in [4.69, 9.17) is 18.0 Å². The summed E-state index contributed by atoms with van der Waals surface area (Å²) >= 11 is 0. The minimum absolute atomic E-state index is 0.568. The van der Waals surface area contributed by atoms with Gasteiger partial charge in [-0.25, -0.2) is 0 Å². The SMILES string of the molecule is CCOC/C=C/[Si](OCC)(OCC)OCC. The molecule has 0 saturated heterocycles. The Morgan fingerprint density at radius 1 is 0.812 bits per heavy atom. The zero-order valence-corrected chi connectivity index (χ0v) is 11.8. The van der Waals surface area contributed by atoms with E-state index < -0.39 is 8.80 Å². The first-order valence-corrected chi connectivity index (χ1v) is 7.72. The fraction of sp³-hybridized carbons (Fsp3) is 0.818. The Balaban J connectivity index is 4.39. The molecule has 0 aliphatic rings. The molecule has 0 rings (SSSR count). The summed E-state index contributed by atoms with van der Waals surface area (Å²) in [6.07, 6.45) is 1.91. The molecule has 0 heterocycles. The van der Waals surface area contributed by atoms with Gasteiger partial charge < -0.3 is 18.0 Å². The molecule has 96 valence electrons. The largest absolute Gasteiger partial charge is 0.529 e. The molecule has 0 bridgehead atoms. The van der Waals surface area contributed by atoms with Gasteiger partial charge in [-0.15, -0.1) is 0 Å². The zero-order valence-electron chi connectivity index (χ0n) is 10.8. The lowest BCUT2D eigenvalue weighted by Crippen LogP contribution is -2.44. The van der Waals surface area contributed by atoms with Crippen LogP contribution in [0.5, 0.6) is 0 Å². The second kappa shape index (κ2) is 9.98. The first-order chi connectivity index (χ1) is 7.74. The minimum atomic E-state index is -2.61. The van der Waals surface area contributed by atoms with Gasteiger partial charge in [0.15, 0.2) is 0 Å². The lowest BCUT2D eigenvalue weighted by molar-refractivity contribution is 0.0838. The van der Waals surface area contributed by atoms with E-state index >= 15 is 0 Å². The van der Waals surface area contributed by atoms with Crippen LogP contribution in [0, 0.1) is 0 Å². The summed E-state index contributed by atoms with van der Waals surface area (Å²) in [6.45, 7) is 10.8. The van der Waals surface area contributed by atoms with Crippen LogP contribution in [0.2, 0.25) is 0 Å². The van der Waals surface area contributed by atoms with Gasteiger partial charge in [0.05, 0.1) is 6.61 Å². The average Bonchev–Trinajstić information content (AvgIpc) is 2.26. The summed E-state index contributed by atoms with van der Waals surface area (Å²) in [5.74, 6) is 0.